The van der Waals surface area contributed by atoms with Crippen molar-refractivity contribution < 1.29 is 23.9 Å². The lowest BCUT2D eigenvalue weighted by molar-refractivity contribution is -0.139. The van der Waals surface area contributed by atoms with Gasteiger partial charge in [0.1, 0.15) is 12.3 Å². The van der Waals surface area contributed by atoms with E-state index in [4.69, 9.17) is 4.74 Å². The largest absolute Gasteiger partial charge is 0.468 e. The van der Waals surface area contributed by atoms with E-state index in [1.54, 1.807) is 12.1 Å². The van der Waals surface area contributed by atoms with Crippen molar-refractivity contribution in [3.8, 4) is 5.75 Å². The van der Waals surface area contributed by atoms with Crippen LogP contribution in [0.2, 0.25) is 0 Å². The number of esters is 2. The summed E-state index contributed by atoms with van der Waals surface area (Å²) in [5, 5.41) is 2.36. The molecule has 0 aromatic heterocycles. The van der Waals surface area contributed by atoms with Crippen molar-refractivity contribution in [3.63, 3.8) is 0 Å². The Hall–Kier alpha value is -2.37. The number of carbonyl (C=O) groups is 3. The molecule has 0 saturated carbocycles. The maximum absolute atomic E-state index is 11.8. The van der Waals surface area contributed by atoms with Crippen LogP contribution >= 0.6 is 0 Å². The Morgan fingerprint density at radius 1 is 1.22 bits per heavy atom. The Balaban J connectivity index is 2.78. The summed E-state index contributed by atoms with van der Waals surface area (Å²) >= 11 is 0. The van der Waals surface area contributed by atoms with Crippen molar-refractivity contribution >= 4 is 17.8 Å². The highest BCUT2D eigenvalue weighted by atomic mass is 16.5. The maximum Gasteiger partial charge on any atom is 0.325 e. The molecule has 0 fully saturated rings. The fraction of sp³-hybridized carbons (Fsp3) is 0.250. The minimum Gasteiger partial charge on any atom is -0.468 e. The minimum absolute atomic E-state index is 0.146. The van der Waals surface area contributed by atoms with Gasteiger partial charge >= 0.3 is 11.9 Å². The summed E-state index contributed by atoms with van der Waals surface area (Å²) in [7, 11) is 1.22. The van der Waals surface area contributed by atoms with E-state index in [0.29, 0.717) is 0 Å². The number of nitrogens with one attached hydrogen (secondary N) is 1. The van der Waals surface area contributed by atoms with Gasteiger partial charge in [0.15, 0.2) is 0 Å². The maximum atomic E-state index is 11.8. The zero-order valence-corrected chi connectivity index (χ0v) is 10.1. The molecule has 1 aromatic carbocycles. The predicted octanol–water partition coefficient (Wildman–Crippen LogP) is 0.515. The number of carbonyl (C=O) groups excluding carboxylic acids is 3. The minimum atomic E-state index is -0.562. The number of ether oxygens (including phenoxy) is 2. The van der Waals surface area contributed by atoms with Crippen LogP contribution in [-0.4, -0.2) is 31.5 Å². The van der Waals surface area contributed by atoms with Crippen LogP contribution in [0.15, 0.2) is 24.3 Å². The van der Waals surface area contributed by atoms with E-state index in [9.17, 15) is 14.4 Å². The first-order valence-electron chi connectivity index (χ1n) is 5.17. The van der Waals surface area contributed by atoms with Crippen molar-refractivity contribution in [1.82, 2.24) is 5.32 Å². The van der Waals surface area contributed by atoms with Crippen molar-refractivity contribution in [2.45, 2.75) is 6.92 Å². The number of amides is 1. The van der Waals surface area contributed by atoms with Gasteiger partial charge in [-0.15, -0.1) is 0 Å². The van der Waals surface area contributed by atoms with E-state index in [0.717, 1.165) is 0 Å². The molecule has 1 N–H and O–H groups in total. The van der Waals surface area contributed by atoms with Crippen molar-refractivity contribution in [1.29, 1.82) is 0 Å². The summed E-state index contributed by atoms with van der Waals surface area (Å²) in [6, 6.07) is 6.24. The third-order valence-electron chi connectivity index (χ3n) is 2.01. The van der Waals surface area contributed by atoms with Gasteiger partial charge in [0.05, 0.1) is 12.7 Å². The molecule has 96 valence electrons. The van der Waals surface area contributed by atoms with E-state index in [1.165, 1.54) is 26.2 Å². The second-order valence-corrected chi connectivity index (χ2v) is 3.35. The third-order valence-corrected chi connectivity index (χ3v) is 2.01. The van der Waals surface area contributed by atoms with E-state index >= 15 is 0 Å². The lowest BCUT2D eigenvalue weighted by Crippen LogP contribution is -2.30. The summed E-state index contributed by atoms with van der Waals surface area (Å²) < 4.78 is 9.28. The zero-order chi connectivity index (χ0) is 13.5. The quantitative estimate of drug-likeness (QED) is 0.623. The van der Waals surface area contributed by atoms with Gasteiger partial charge in [0.2, 0.25) is 0 Å². The van der Waals surface area contributed by atoms with Crippen LogP contribution in [0, 0.1) is 0 Å². The summed E-state index contributed by atoms with van der Waals surface area (Å²) in [6.45, 7) is 0.993. The number of hydrogen-bond acceptors (Lipinski definition) is 5. The molecule has 0 atom stereocenters. The Kier molecular flexibility index (Phi) is 4.86. The number of methoxy groups -OCH3 is 1. The van der Waals surface area contributed by atoms with Crippen molar-refractivity contribution in [2.75, 3.05) is 13.7 Å². The molecule has 0 heterocycles. The van der Waals surface area contributed by atoms with Crippen LogP contribution in [0.5, 0.6) is 5.75 Å². The molecule has 18 heavy (non-hydrogen) atoms. The molecule has 1 rings (SSSR count). The molecule has 0 spiro atoms. The molecule has 0 bridgehead atoms. The summed E-state index contributed by atoms with van der Waals surface area (Å²) in [5.41, 5.74) is 0.177. The molecule has 0 unspecified atom stereocenters. The molecule has 6 nitrogen and oxygen atoms in total. The first kappa shape index (κ1) is 13.7. The van der Waals surface area contributed by atoms with E-state index in [-0.39, 0.29) is 17.9 Å². The van der Waals surface area contributed by atoms with Crippen LogP contribution in [0.4, 0.5) is 0 Å². The highest BCUT2D eigenvalue weighted by molar-refractivity contribution is 5.98. The fourth-order valence-electron chi connectivity index (χ4n) is 1.22. The number of hydrogen-bond donors (Lipinski definition) is 1. The van der Waals surface area contributed by atoms with Gasteiger partial charge in [0, 0.05) is 6.92 Å². The highest BCUT2D eigenvalue weighted by Gasteiger charge is 2.14. The van der Waals surface area contributed by atoms with Crippen molar-refractivity contribution in [2.24, 2.45) is 0 Å². The van der Waals surface area contributed by atoms with Gasteiger partial charge in [0.25, 0.3) is 5.91 Å². The van der Waals surface area contributed by atoms with E-state index < -0.39 is 17.8 Å². The third kappa shape index (κ3) is 3.89. The van der Waals surface area contributed by atoms with Gasteiger partial charge in [-0.25, -0.2) is 0 Å². The van der Waals surface area contributed by atoms with Gasteiger partial charge in [-0.05, 0) is 12.1 Å². The van der Waals surface area contributed by atoms with Gasteiger partial charge in [-0.2, -0.15) is 0 Å². The van der Waals surface area contributed by atoms with Gasteiger partial charge in [-0.1, -0.05) is 12.1 Å². The van der Waals surface area contributed by atoms with Crippen LogP contribution in [0.1, 0.15) is 17.3 Å². The Labute approximate surface area is 104 Å². The monoisotopic (exact) mass is 251 g/mol. The van der Waals surface area contributed by atoms with Crippen LogP contribution in [0.25, 0.3) is 0 Å². The van der Waals surface area contributed by atoms with Gasteiger partial charge in [-0.3, -0.25) is 14.4 Å². The molecular formula is C12H13NO5. The molecule has 0 aliphatic heterocycles. The van der Waals surface area contributed by atoms with Crippen molar-refractivity contribution in [3.05, 3.63) is 29.8 Å². The molecule has 0 radical (unpaired) electrons. The Morgan fingerprint density at radius 3 is 2.50 bits per heavy atom. The van der Waals surface area contributed by atoms with Crippen LogP contribution < -0.4 is 10.1 Å². The molecular weight excluding hydrogens is 238 g/mol. The predicted molar refractivity (Wildman–Crippen MR) is 62.1 cm³/mol. The highest BCUT2D eigenvalue weighted by Crippen LogP contribution is 2.17. The smallest absolute Gasteiger partial charge is 0.325 e. The zero-order valence-electron chi connectivity index (χ0n) is 10.1. The fourth-order valence-corrected chi connectivity index (χ4v) is 1.22. The normalized spacial score (nSPS) is 9.44. The molecule has 1 amide bonds. The standard InChI is InChI=1S/C12H13NO5/c1-8(14)18-10-6-4-3-5-9(10)12(16)13-7-11(15)17-2/h3-6H,7H2,1-2H3,(H,13,16). The average molecular weight is 251 g/mol. The van der Waals surface area contributed by atoms with E-state index in [1.807, 2.05) is 0 Å². The first-order chi connectivity index (χ1) is 8.54. The SMILES string of the molecule is COC(=O)CNC(=O)c1ccccc1OC(C)=O. The molecule has 1 aromatic rings. The second-order valence-electron chi connectivity index (χ2n) is 3.35. The number of para-hydroxylation sites is 1. The Morgan fingerprint density at radius 2 is 1.89 bits per heavy atom. The lowest BCUT2D eigenvalue weighted by atomic mass is 10.2. The molecule has 0 saturated heterocycles. The number of benzene rings is 1. The molecule has 0 aliphatic carbocycles. The average Bonchev–Trinajstić information content (AvgIpc) is 2.35. The Bertz CT molecular complexity index is 469. The summed E-state index contributed by atoms with van der Waals surface area (Å²) in [6.07, 6.45) is 0. The van der Waals surface area contributed by atoms with Gasteiger partial charge < -0.3 is 14.8 Å². The molecule has 6 heteroatoms. The van der Waals surface area contributed by atoms with Crippen LogP contribution in [-0.2, 0) is 14.3 Å². The number of rotatable bonds is 4. The summed E-state index contributed by atoms with van der Waals surface area (Å²) in [4.78, 5) is 33.5. The van der Waals surface area contributed by atoms with Crippen LogP contribution in [0.3, 0.4) is 0 Å². The topological polar surface area (TPSA) is 81.7 Å². The molecule has 0 aliphatic rings. The first-order valence-corrected chi connectivity index (χ1v) is 5.17. The van der Waals surface area contributed by atoms with E-state index in [2.05, 4.69) is 10.1 Å². The second kappa shape index (κ2) is 6.39. The summed E-state index contributed by atoms with van der Waals surface area (Å²) in [5.74, 6) is -1.46. The lowest BCUT2D eigenvalue weighted by Gasteiger charge is -2.08.